The number of aryl methyl sites for hydroxylation is 1. The molecule has 1 saturated heterocycles. The van der Waals surface area contributed by atoms with Crippen molar-refractivity contribution in [3.8, 4) is 0 Å². The molecule has 0 aromatic carbocycles. The third-order valence-electron chi connectivity index (χ3n) is 3.59. The summed E-state index contributed by atoms with van der Waals surface area (Å²) in [4.78, 5) is 25.0. The van der Waals surface area contributed by atoms with Crippen LogP contribution in [0.5, 0.6) is 0 Å². The lowest BCUT2D eigenvalue weighted by atomic mass is 10.1. The zero-order valence-electron chi connectivity index (χ0n) is 12.2. The highest BCUT2D eigenvalue weighted by atomic mass is 16.5. The molecule has 2 rings (SSSR count). The summed E-state index contributed by atoms with van der Waals surface area (Å²) < 4.78 is 6.75. The second-order valence-corrected chi connectivity index (χ2v) is 4.94. The minimum absolute atomic E-state index is 0.105. The van der Waals surface area contributed by atoms with Crippen LogP contribution < -0.4 is 5.32 Å². The summed E-state index contributed by atoms with van der Waals surface area (Å²) in [6.45, 7) is 3.65. The summed E-state index contributed by atoms with van der Waals surface area (Å²) in [5.74, 6) is -1.16. The molecule has 1 aliphatic rings. The minimum atomic E-state index is -1.16. The van der Waals surface area contributed by atoms with E-state index in [9.17, 15) is 9.59 Å². The van der Waals surface area contributed by atoms with Crippen LogP contribution >= 0.6 is 0 Å². The summed E-state index contributed by atoms with van der Waals surface area (Å²) in [5.41, 5.74) is 0.0684. The molecule has 1 aromatic rings. The second kappa shape index (κ2) is 6.57. The van der Waals surface area contributed by atoms with Gasteiger partial charge in [0.1, 0.15) is 0 Å². The predicted molar refractivity (Wildman–Crippen MR) is 75.5 cm³/mol. The summed E-state index contributed by atoms with van der Waals surface area (Å²) in [6, 6.07) is -0.228. The van der Waals surface area contributed by atoms with Gasteiger partial charge in [-0.2, -0.15) is 5.10 Å². The lowest BCUT2D eigenvalue weighted by Crippen LogP contribution is -2.42. The van der Waals surface area contributed by atoms with Crippen LogP contribution in [0.2, 0.25) is 0 Å². The monoisotopic (exact) mass is 296 g/mol. The highest BCUT2D eigenvalue weighted by Crippen LogP contribution is 2.17. The number of anilines is 1. The molecule has 2 heterocycles. The number of aromatic nitrogens is 2. The van der Waals surface area contributed by atoms with E-state index in [-0.39, 0.29) is 23.5 Å². The van der Waals surface area contributed by atoms with Gasteiger partial charge in [0, 0.05) is 39.0 Å². The number of urea groups is 1. The van der Waals surface area contributed by atoms with E-state index in [2.05, 4.69) is 10.4 Å². The highest BCUT2D eigenvalue weighted by Gasteiger charge is 2.24. The Morgan fingerprint density at radius 3 is 2.76 bits per heavy atom. The van der Waals surface area contributed by atoms with Gasteiger partial charge in [-0.15, -0.1) is 0 Å². The molecule has 0 aliphatic carbocycles. The summed E-state index contributed by atoms with van der Waals surface area (Å²) in [7, 11) is 1.70. The molecule has 8 heteroatoms. The van der Waals surface area contributed by atoms with Gasteiger partial charge in [-0.25, -0.2) is 9.59 Å². The fourth-order valence-electron chi connectivity index (χ4n) is 2.27. The topological polar surface area (TPSA) is 96.7 Å². The fourth-order valence-corrected chi connectivity index (χ4v) is 2.27. The Balaban J connectivity index is 2.07. The van der Waals surface area contributed by atoms with Gasteiger partial charge < -0.3 is 20.1 Å². The molecule has 0 bridgehead atoms. The Morgan fingerprint density at radius 1 is 1.52 bits per heavy atom. The van der Waals surface area contributed by atoms with Gasteiger partial charge in [0.25, 0.3) is 0 Å². The lowest BCUT2D eigenvalue weighted by molar-refractivity contribution is 0.0544. The molecule has 116 valence electrons. The number of amides is 2. The fraction of sp³-hybridized carbons (Fsp3) is 0.615. The number of carboxylic acid groups (broad SMARTS) is 1. The Morgan fingerprint density at radius 2 is 2.19 bits per heavy atom. The number of carbonyl (C=O) groups excluding carboxylic acids is 1. The molecule has 8 nitrogen and oxygen atoms in total. The van der Waals surface area contributed by atoms with Crippen molar-refractivity contribution in [2.24, 2.45) is 0 Å². The van der Waals surface area contributed by atoms with Crippen molar-refractivity contribution in [1.29, 1.82) is 0 Å². The second-order valence-electron chi connectivity index (χ2n) is 4.94. The van der Waals surface area contributed by atoms with Crippen LogP contribution in [0.25, 0.3) is 0 Å². The number of ether oxygens (including phenoxy) is 1. The van der Waals surface area contributed by atoms with Crippen molar-refractivity contribution in [2.45, 2.75) is 32.4 Å². The van der Waals surface area contributed by atoms with Gasteiger partial charge in [-0.1, -0.05) is 0 Å². The SMILES string of the molecule is CCn1cc(NC(=O)N(C)C2CCOCC2)c(C(=O)O)n1. The number of nitrogens with zero attached hydrogens (tertiary/aromatic N) is 3. The van der Waals surface area contributed by atoms with Crippen LogP contribution in [0.3, 0.4) is 0 Å². The third kappa shape index (κ3) is 3.52. The van der Waals surface area contributed by atoms with Gasteiger partial charge >= 0.3 is 12.0 Å². The van der Waals surface area contributed by atoms with E-state index in [4.69, 9.17) is 9.84 Å². The zero-order chi connectivity index (χ0) is 15.4. The van der Waals surface area contributed by atoms with E-state index < -0.39 is 5.97 Å². The van der Waals surface area contributed by atoms with E-state index in [1.165, 1.54) is 10.9 Å². The van der Waals surface area contributed by atoms with E-state index in [0.717, 1.165) is 12.8 Å². The van der Waals surface area contributed by atoms with Crippen molar-refractivity contribution in [2.75, 3.05) is 25.6 Å². The molecule has 0 radical (unpaired) electrons. The molecule has 1 aromatic heterocycles. The molecular formula is C13H20N4O4. The van der Waals surface area contributed by atoms with Crippen molar-refractivity contribution in [3.05, 3.63) is 11.9 Å². The first-order chi connectivity index (χ1) is 10.0. The van der Waals surface area contributed by atoms with Gasteiger partial charge in [-0.3, -0.25) is 4.68 Å². The quantitative estimate of drug-likeness (QED) is 0.871. The average molecular weight is 296 g/mol. The summed E-state index contributed by atoms with van der Waals surface area (Å²) in [5, 5.41) is 15.7. The van der Waals surface area contributed by atoms with Crippen LogP contribution in [-0.2, 0) is 11.3 Å². The van der Waals surface area contributed by atoms with Crippen LogP contribution in [-0.4, -0.2) is 58.1 Å². The molecular weight excluding hydrogens is 276 g/mol. The van der Waals surface area contributed by atoms with Gasteiger partial charge in [0.2, 0.25) is 0 Å². The molecule has 1 aliphatic heterocycles. The number of nitrogens with one attached hydrogen (secondary N) is 1. The van der Waals surface area contributed by atoms with Crippen molar-refractivity contribution in [1.82, 2.24) is 14.7 Å². The van der Waals surface area contributed by atoms with Crippen LogP contribution in [0, 0.1) is 0 Å². The van der Waals surface area contributed by atoms with Crippen LogP contribution in [0.15, 0.2) is 6.20 Å². The minimum Gasteiger partial charge on any atom is -0.476 e. The molecule has 0 atom stereocenters. The molecule has 0 unspecified atom stereocenters. The van der Waals surface area contributed by atoms with E-state index in [0.29, 0.717) is 19.8 Å². The first-order valence-corrected chi connectivity index (χ1v) is 6.95. The van der Waals surface area contributed by atoms with E-state index >= 15 is 0 Å². The number of carbonyl (C=O) groups is 2. The third-order valence-corrected chi connectivity index (χ3v) is 3.59. The number of hydrogen-bond acceptors (Lipinski definition) is 4. The van der Waals surface area contributed by atoms with E-state index in [1.807, 2.05) is 6.92 Å². The first kappa shape index (κ1) is 15.3. The molecule has 1 fully saturated rings. The first-order valence-electron chi connectivity index (χ1n) is 6.95. The largest absolute Gasteiger partial charge is 0.476 e. The lowest BCUT2D eigenvalue weighted by Gasteiger charge is -2.31. The van der Waals surface area contributed by atoms with Gasteiger partial charge in [0.05, 0.1) is 5.69 Å². The molecule has 2 amide bonds. The molecule has 2 N–H and O–H groups in total. The predicted octanol–water partition coefficient (Wildman–Crippen LogP) is 1.24. The Labute approximate surface area is 122 Å². The van der Waals surface area contributed by atoms with Crippen molar-refractivity contribution < 1.29 is 19.4 Å². The number of rotatable bonds is 4. The van der Waals surface area contributed by atoms with Crippen molar-refractivity contribution in [3.63, 3.8) is 0 Å². The smallest absolute Gasteiger partial charge is 0.358 e. The summed E-state index contributed by atoms with van der Waals surface area (Å²) in [6.07, 6.45) is 3.09. The summed E-state index contributed by atoms with van der Waals surface area (Å²) >= 11 is 0. The Kier molecular flexibility index (Phi) is 4.79. The van der Waals surface area contributed by atoms with E-state index in [1.54, 1.807) is 11.9 Å². The number of hydrogen-bond donors (Lipinski definition) is 2. The normalized spacial score (nSPS) is 15.7. The van der Waals surface area contributed by atoms with Crippen LogP contribution in [0.4, 0.5) is 10.5 Å². The molecule has 0 spiro atoms. The maximum Gasteiger partial charge on any atom is 0.358 e. The molecule has 21 heavy (non-hydrogen) atoms. The van der Waals surface area contributed by atoms with Crippen LogP contribution in [0.1, 0.15) is 30.3 Å². The highest BCUT2D eigenvalue weighted by molar-refractivity contribution is 5.98. The maximum absolute atomic E-state index is 12.2. The maximum atomic E-state index is 12.2. The zero-order valence-corrected chi connectivity index (χ0v) is 12.2. The van der Waals surface area contributed by atoms with Crippen molar-refractivity contribution >= 4 is 17.7 Å². The van der Waals surface area contributed by atoms with Gasteiger partial charge in [-0.05, 0) is 19.8 Å². The average Bonchev–Trinajstić information content (AvgIpc) is 2.90. The molecule has 0 saturated carbocycles. The standard InChI is InChI=1S/C13H20N4O4/c1-3-17-8-10(11(15-17)12(18)19)14-13(20)16(2)9-4-6-21-7-5-9/h8-9H,3-7H2,1-2H3,(H,14,20)(H,18,19). The number of carboxylic acids is 1. The van der Waals surface area contributed by atoms with Gasteiger partial charge in [0.15, 0.2) is 5.69 Å². The Bertz CT molecular complexity index is 522. The number of aromatic carboxylic acids is 1. The Hall–Kier alpha value is -2.09.